The van der Waals surface area contributed by atoms with Crippen molar-refractivity contribution in [1.29, 1.82) is 0 Å². The van der Waals surface area contributed by atoms with Gasteiger partial charge in [-0.1, -0.05) is 91.0 Å². The van der Waals surface area contributed by atoms with Crippen LogP contribution < -0.4 is 0 Å². The van der Waals surface area contributed by atoms with Gasteiger partial charge in [-0.3, -0.25) is 4.90 Å². The van der Waals surface area contributed by atoms with Crippen LogP contribution in [0.4, 0.5) is 0 Å². The third-order valence-corrected chi connectivity index (χ3v) is 6.27. The number of aromatic nitrogens is 3. The quantitative estimate of drug-likeness (QED) is 0.179. The molecule has 2 atom stereocenters. The molecular formula is C30H34N4O2. The zero-order chi connectivity index (χ0) is 25.2. The fourth-order valence-corrected chi connectivity index (χ4v) is 4.41. The molecule has 36 heavy (non-hydrogen) atoms. The number of para-hydroxylation sites is 1. The zero-order valence-corrected chi connectivity index (χ0v) is 21.0. The Morgan fingerprint density at radius 3 is 2.17 bits per heavy atom. The Morgan fingerprint density at radius 2 is 1.53 bits per heavy atom. The van der Waals surface area contributed by atoms with Crippen LogP contribution in [0.15, 0.2) is 97.1 Å². The molecule has 0 aliphatic carbocycles. The van der Waals surface area contributed by atoms with Gasteiger partial charge in [0.25, 0.3) is 0 Å². The standard InChI is InChI=1S/C30H34N4O2/c1-3-36-30(35)21-19-24(2)18-20-29(34-28-17-11-10-16-27(28)31-32-34)33(22-25-12-6-4-7-13-25)23-26-14-8-5-9-15-26/h4-17,19,21,24,29H,3,18,20,22-23H2,1-2H3/b21-19+. The van der Waals surface area contributed by atoms with E-state index in [9.17, 15) is 4.79 Å². The van der Waals surface area contributed by atoms with Crippen molar-refractivity contribution < 1.29 is 9.53 Å². The van der Waals surface area contributed by atoms with Crippen molar-refractivity contribution in [2.24, 2.45) is 5.92 Å². The predicted molar refractivity (Wildman–Crippen MR) is 143 cm³/mol. The molecule has 0 aliphatic rings. The number of ether oxygens (including phenoxy) is 1. The summed E-state index contributed by atoms with van der Waals surface area (Å²) >= 11 is 0. The Balaban J connectivity index is 1.65. The van der Waals surface area contributed by atoms with Gasteiger partial charge in [-0.2, -0.15) is 0 Å². The van der Waals surface area contributed by atoms with E-state index in [2.05, 4.69) is 81.4 Å². The van der Waals surface area contributed by atoms with E-state index >= 15 is 0 Å². The van der Waals surface area contributed by atoms with Crippen molar-refractivity contribution >= 4 is 17.0 Å². The summed E-state index contributed by atoms with van der Waals surface area (Å²) in [6.45, 7) is 5.89. The summed E-state index contributed by atoms with van der Waals surface area (Å²) in [5.74, 6) is -0.0834. The number of fused-ring (bicyclic) bond motifs is 1. The number of carbonyl (C=O) groups excluding carboxylic acids is 1. The number of rotatable bonds is 12. The fraction of sp³-hybridized carbons (Fsp3) is 0.300. The highest BCUT2D eigenvalue weighted by Crippen LogP contribution is 2.28. The summed E-state index contributed by atoms with van der Waals surface area (Å²) in [6, 6.07) is 29.2. The van der Waals surface area contributed by atoms with Crippen LogP contribution in [0.5, 0.6) is 0 Å². The number of allylic oxidation sites excluding steroid dienone is 1. The van der Waals surface area contributed by atoms with E-state index in [4.69, 9.17) is 4.74 Å². The van der Waals surface area contributed by atoms with Crippen LogP contribution in [0.1, 0.15) is 44.0 Å². The maximum absolute atomic E-state index is 11.8. The molecule has 0 aliphatic heterocycles. The van der Waals surface area contributed by atoms with E-state index in [0.29, 0.717) is 6.61 Å². The van der Waals surface area contributed by atoms with Gasteiger partial charge in [-0.15, -0.1) is 5.10 Å². The summed E-state index contributed by atoms with van der Waals surface area (Å²) in [4.78, 5) is 14.3. The van der Waals surface area contributed by atoms with Crippen molar-refractivity contribution in [1.82, 2.24) is 19.9 Å². The first kappa shape index (κ1) is 25.3. The van der Waals surface area contributed by atoms with Crippen LogP contribution >= 0.6 is 0 Å². The summed E-state index contributed by atoms with van der Waals surface area (Å²) in [5, 5.41) is 9.06. The molecule has 6 heteroatoms. The molecule has 186 valence electrons. The molecule has 0 N–H and O–H groups in total. The summed E-state index contributed by atoms with van der Waals surface area (Å²) in [7, 11) is 0. The average Bonchev–Trinajstić information content (AvgIpc) is 3.33. The molecule has 4 aromatic rings. The van der Waals surface area contributed by atoms with Gasteiger partial charge in [0, 0.05) is 19.2 Å². The summed E-state index contributed by atoms with van der Waals surface area (Å²) in [5.41, 5.74) is 4.40. The molecule has 0 bridgehead atoms. The molecule has 4 rings (SSSR count). The molecule has 0 saturated heterocycles. The second-order valence-corrected chi connectivity index (χ2v) is 9.05. The summed E-state index contributed by atoms with van der Waals surface area (Å²) < 4.78 is 7.10. The molecule has 0 spiro atoms. The van der Waals surface area contributed by atoms with Crippen molar-refractivity contribution in [3.8, 4) is 0 Å². The van der Waals surface area contributed by atoms with Gasteiger partial charge in [0.05, 0.1) is 12.1 Å². The Labute approximate surface area is 213 Å². The van der Waals surface area contributed by atoms with E-state index in [-0.39, 0.29) is 18.1 Å². The van der Waals surface area contributed by atoms with Crippen LogP contribution in [0.2, 0.25) is 0 Å². The number of nitrogens with zero attached hydrogens (tertiary/aromatic N) is 4. The third-order valence-electron chi connectivity index (χ3n) is 6.27. The Bertz CT molecular complexity index is 1210. The normalized spacial score (nSPS) is 13.3. The first-order valence-electron chi connectivity index (χ1n) is 12.6. The molecule has 0 saturated carbocycles. The van der Waals surface area contributed by atoms with E-state index in [0.717, 1.165) is 37.0 Å². The largest absolute Gasteiger partial charge is 0.463 e. The molecular weight excluding hydrogens is 448 g/mol. The maximum atomic E-state index is 11.8. The molecule has 1 heterocycles. The molecule has 2 unspecified atom stereocenters. The Kier molecular flexibility index (Phi) is 9.00. The number of carbonyl (C=O) groups is 1. The van der Waals surface area contributed by atoms with Gasteiger partial charge in [0.15, 0.2) is 0 Å². The second-order valence-electron chi connectivity index (χ2n) is 9.05. The van der Waals surface area contributed by atoms with Crippen molar-refractivity contribution in [3.63, 3.8) is 0 Å². The maximum Gasteiger partial charge on any atom is 0.330 e. The van der Waals surface area contributed by atoms with Crippen molar-refractivity contribution in [2.75, 3.05) is 6.61 Å². The lowest BCUT2D eigenvalue weighted by atomic mass is 10.0. The Morgan fingerprint density at radius 1 is 0.917 bits per heavy atom. The molecule has 0 fully saturated rings. The lowest BCUT2D eigenvalue weighted by Crippen LogP contribution is -2.33. The topological polar surface area (TPSA) is 60.2 Å². The highest BCUT2D eigenvalue weighted by Gasteiger charge is 2.24. The second kappa shape index (κ2) is 12.8. The van der Waals surface area contributed by atoms with E-state index in [1.54, 1.807) is 6.08 Å². The van der Waals surface area contributed by atoms with Crippen LogP contribution in [-0.2, 0) is 22.6 Å². The zero-order valence-electron chi connectivity index (χ0n) is 21.0. The van der Waals surface area contributed by atoms with Gasteiger partial charge in [-0.05, 0) is 48.9 Å². The summed E-state index contributed by atoms with van der Waals surface area (Å²) in [6.07, 6.45) is 5.19. The first-order chi connectivity index (χ1) is 17.6. The van der Waals surface area contributed by atoms with Gasteiger partial charge < -0.3 is 4.74 Å². The smallest absolute Gasteiger partial charge is 0.330 e. The van der Waals surface area contributed by atoms with Gasteiger partial charge in [0.1, 0.15) is 11.7 Å². The molecule has 3 aromatic carbocycles. The van der Waals surface area contributed by atoms with E-state index < -0.39 is 0 Å². The minimum Gasteiger partial charge on any atom is -0.463 e. The van der Waals surface area contributed by atoms with Crippen LogP contribution in [0.25, 0.3) is 11.0 Å². The van der Waals surface area contributed by atoms with Crippen LogP contribution in [-0.4, -0.2) is 32.5 Å². The SMILES string of the molecule is CCOC(=O)/C=C/C(C)CCC(N(Cc1ccccc1)Cc1ccccc1)n1nnc2ccccc21. The van der Waals surface area contributed by atoms with E-state index in [1.807, 2.05) is 43.3 Å². The first-order valence-corrected chi connectivity index (χ1v) is 12.6. The lowest BCUT2D eigenvalue weighted by molar-refractivity contribution is -0.137. The average molecular weight is 483 g/mol. The highest BCUT2D eigenvalue weighted by atomic mass is 16.5. The minimum absolute atomic E-state index is 0.0174. The molecule has 1 aromatic heterocycles. The van der Waals surface area contributed by atoms with Crippen LogP contribution in [0.3, 0.4) is 0 Å². The van der Waals surface area contributed by atoms with Crippen molar-refractivity contribution in [2.45, 2.75) is 45.9 Å². The predicted octanol–water partition coefficient (Wildman–Crippen LogP) is 6.17. The Hall–Kier alpha value is -3.77. The van der Waals surface area contributed by atoms with Gasteiger partial charge >= 0.3 is 5.97 Å². The molecule has 0 radical (unpaired) electrons. The van der Waals surface area contributed by atoms with Crippen molar-refractivity contribution in [3.05, 3.63) is 108 Å². The number of esters is 1. The van der Waals surface area contributed by atoms with E-state index in [1.165, 1.54) is 11.1 Å². The fourth-order valence-electron chi connectivity index (χ4n) is 4.41. The molecule has 0 amide bonds. The van der Waals surface area contributed by atoms with Gasteiger partial charge in [-0.25, -0.2) is 9.48 Å². The van der Waals surface area contributed by atoms with Crippen LogP contribution in [0, 0.1) is 5.92 Å². The number of hydrogen-bond donors (Lipinski definition) is 0. The minimum atomic E-state index is -0.294. The molecule has 6 nitrogen and oxygen atoms in total. The number of hydrogen-bond acceptors (Lipinski definition) is 5. The third kappa shape index (κ3) is 6.89. The number of benzene rings is 3. The monoisotopic (exact) mass is 482 g/mol. The van der Waals surface area contributed by atoms with Gasteiger partial charge in [0.2, 0.25) is 0 Å². The highest BCUT2D eigenvalue weighted by molar-refractivity contribution is 5.81. The lowest BCUT2D eigenvalue weighted by Gasteiger charge is -2.33.